The monoisotopic (exact) mass is 453 g/mol. The first-order chi connectivity index (χ1) is 14.7. The number of amides is 2. The van der Waals surface area contributed by atoms with Crippen molar-refractivity contribution < 1.29 is 27.5 Å². The van der Waals surface area contributed by atoms with Crippen LogP contribution < -0.4 is 9.46 Å². The molecule has 2 heterocycles. The molecule has 2 saturated heterocycles. The first-order valence-electron chi connectivity index (χ1n) is 10.6. The van der Waals surface area contributed by atoms with E-state index < -0.39 is 16.1 Å². The molecule has 0 spiro atoms. The zero-order valence-corrected chi connectivity index (χ0v) is 19.1. The Morgan fingerprint density at radius 2 is 1.71 bits per heavy atom. The molecule has 3 rings (SSSR count). The molecule has 0 aromatic heterocycles. The lowest BCUT2D eigenvalue weighted by Gasteiger charge is -2.37. The number of hydrogen-bond acceptors (Lipinski definition) is 6. The summed E-state index contributed by atoms with van der Waals surface area (Å²) in [7, 11) is -2.38. The Morgan fingerprint density at radius 3 is 2.23 bits per heavy atom. The average molecular weight is 454 g/mol. The van der Waals surface area contributed by atoms with Crippen molar-refractivity contribution in [1.82, 2.24) is 14.5 Å². The third-order valence-corrected chi connectivity index (χ3v) is 7.15. The van der Waals surface area contributed by atoms with Crippen LogP contribution in [0.25, 0.3) is 0 Å². The number of methoxy groups -OCH3 is 1. The number of benzene rings is 1. The van der Waals surface area contributed by atoms with Crippen LogP contribution >= 0.6 is 0 Å². The van der Waals surface area contributed by atoms with Crippen molar-refractivity contribution in [2.24, 2.45) is 5.92 Å². The molecule has 1 aromatic rings. The van der Waals surface area contributed by atoms with Crippen molar-refractivity contribution in [3.05, 3.63) is 24.3 Å². The molecule has 2 aliphatic heterocycles. The van der Waals surface area contributed by atoms with Gasteiger partial charge in [0.1, 0.15) is 17.9 Å². The van der Waals surface area contributed by atoms with E-state index in [4.69, 9.17) is 9.47 Å². The summed E-state index contributed by atoms with van der Waals surface area (Å²) in [4.78, 5) is 29.1. The fraction of sp³-hybridized carbons (Fsp3) is 0.619. The zero-order chi connectivity index (χ0) is 22.6. The van der Waals surface area contributed by atoms with Crippen molar-refractivity contribution in [3.63, 3.8) is 0 Å². The van der Waals surface area contributed by atoms with Gasteiger partial charge >= 0.3 is 0 Å². The molecule has 1 N–H and O–H groups in total. The van der Waals surface area contributed by atoms with Crippen LogP contribution in [0.3, 0.4) is 0 Å². The lowest BCUT2D eigenvalue weighted by atomic mass is 10.0. The van der Waals surface area contributed by atoms with Gasteiger partial charge in [0.2, 0.25) is 15.9 Å². The van der Waals surface area contributed by atoms with E-state index in [0.717, 1.165) is 12.8 Å². The highest BCUT2D eigenvalue weighted by molar-refractivity contribution is 7.89. The standard InChI is InChI=1S/C21H31N3O6S/c1-15(2)19(22-31(27,28)17-8-6-16(29-3)7-9-17)21(26)24-12-10-23(11-13-24)20(25)18-5-4-14-30-18/h6-9,15,18-19,22H,4-5,10-14H2,1-3H3/t18?,19-/m0/s1. The Hall–Kier alpha value is -2.17. The van der Waals surface area contributed by atoms with Gasteiger partial charge in [0.05, 0.1) is 12.0 Å². The van der Waals surface area contributed by atoms with Crippen LogP contribution in [0.1, 0.15) is 26.7 Å². The summed E-state index contributed by atoms with van der Waals surface area (Å²) in [5.41, 5.74) is 0. The molecule has 0 radical (unpaired) electrons. The fourth-order valence-corrected chi connectivity index (χ4v) is 5.12. The van der Waals surface area contributed by atoms with Gasteiger partial charge in [-0.2, -0.15) is 4.72 Å². The molecule has 31 heavy (non-hydrogen) atoms. The third-order valence-electron chi connectivity index (χ3n) is 5.69. The summed E-state index contributed by atoms with van der Waals surface area (Å²) < 4.78 is 38.8. The third kappa shape index (κ3) is 5.55. The maximum atomic E-state index is 13.1. The van der Waals surface area contributed by atoms with Gasteiger partial charge in [0.25, 0.3) is 5.91 Å². The number of rotatable bonds is 7. The fourth-order valence-electron chi connectivity index (χ4n) is 3.78. The minimum absolute atomic E-state index is 0.0229. The summed E-state index contributed by atoms with van der Waals surface area (Å²) in [5, 5.41) is 0. The number of piperazine rings is 1. The maximum Gasteiger partial charge on any atom is 0.251 e. The lowest BCUT2D eigenvalue weighted by molar-refractivity contribution is -0.146. The molecule has 0 aliphatic carbocycles. The Labute approximate surface area is 183 Å². The van der Waals surface area contributed by atoms with Gasteiger partial charge in [-0.15, -0.1) is 0 Å². The summed E-state index contributed by atoms with van der Waals surface area (Å²) >= 11 is 0. The SMILES string of the molecule is COc1ccc(S(=O)(=O)N[C@H](C(=O)N2CCN(C(=O)C3CCCO3)CC2)C(C)C)cc1. The van der Waals surface area contributed by atoms with E-state index in [0.29, 0.717) is 38.5 Å². The van der Waals surface area contributed by atoms with Crippen LogP contribution in [0.4, 0.5) is 0 Å². The van der Waals surface area contributed by atoms with Gasteiger partial charge in [0.15, 0.2) is 0 Å². The normalized spacial score (nSPS) is 20.7. The van der Waals surface area contributed by atoms with Crippen molar-refractivity contribution in [2.75, 3.05) is 39.9 Å². The van der Waals surface area contributed by atoms with E-state index in [-0.39, 0.29) is 28.7 Å². The molecular formula is C21H31N3O6S. The second-order valence-corrected chi connectivity index (χ2v) is 9.88. The van der Waals surface area contributed by atoms with Gasteiger partial charge in [-0.3, -0.25) is 9.59 Å². The van der Waals surface area contributed by atoms with Gasteiger partial charge < -0.3 is 19.3 Å². The predicted octanol–water partition coefficient (Wildman–Crippen LogP) is 0.848. The molecule has 1 aromatic carbocycles. The molecule has 9 nitrogen and oxygen atoms in total. The Bertz CT molecular complexity index is 873. The molecule has 2 amide bonds. The first kappa shape index (κ1) is 23.5. The highest BCUT2D eigenvalue weighted by Gasteiger charge is 2.35. The molecular weight excluding hydrogens is 422 g/mol. The highest BCUT2D eigenvalue weighted by atomic mass is 32.2. The Balaban J connectivity index is 1.63. The molecule has 2 fully saturated rings. The Morgan fingerprint density at radius 1 is 1.10 bits per heavy atom. The number of carbonyl (C=O) groups is 2. The van der Waals surface area contributed by atoms with Gasteiger partial charge in [0, 0.05) is 32.8 Å². The zero-order valence-electron chi connectivity index (χ0n) is 18.2. The van der Waals surface area contributed by atoms with Crippen LogP contribution in [0.2, 0.25) is 0 Å². The van der Waals surface area contributed by atoms with E-state index in [1.165, 1.54) is 19.2 Å². The number of ether oxygens (including phenoxy) is 2. The molecule has 2 atom stereocenters. The molecule has 2 aliphatic rings. The van der Waals surface area contributed by atoms with E-state index >= 15 is 0 Å². The van der Waals surface area contributed by atoms with Gasteiger partial charge in [-0.1, -0.05) is 13.8 Å². The molecule has 0 saturated carbocycles. The van der Waals surface area contributed by atoms with Gasteiger partial charge in [-0.05, 0) is 43.0 Å². The summed E-state index contributed by atoms with van der Waals surface area (Å²) in [6.45, 7) is 5.78. The largest absolute Gasteiger partial charge is 0.497 e. The van der Waals surface area contributed by atoms with E-state index in [2.05, 4.69) is 4.72 Å². The van der Waals surface area contributed by atoms with Crippen molar-refractivity contribution >= 4 is 21.8 Å². The topological polar surface area (TPSA) is 105 Å². The van der Waals surface area contributed by atoms with Crippen LogP contribution in [-0.2, 0) is 24.3 Å². The number of hydrogen-bond donors (Lipinski definition) is 1. The van der Waals surface area contributed by atoms with Crippen molar-refractivity contribution in [3.8, 4) is 5.75 Å². The minimum Gasteiger partial charge on any atom is -0.497 e. The van der Waals surface area contributed by atoms with Crippen molar-refractivity contribution in [1.29, 1.82) is 0 Å². The maximum absolute atomic E-state index is 13.1. The molecule has 172 valence electrons. The second kappa shape index (κ2) is 9.97. The van der Waals surface area contributed by atoms with Crippen LogP contribution in [-0.4, -0.2) is 82.1 Å². The average Bonchev–Trinajstić information content (AvgIpc) is 3.31. The minimum atomic E-state index is -3.88. The van der Waals surface area contributed by atoms with Crippen LogP contribution in [0.5, 0.6) is 5.75 Å². The quantitative estimate of drug-likeness (QED) is 0.656. The summed E-state index contributed by atoms with van der Waals surface area (Å²) in [6, 6.07) is 5.11. The van der Waals surface area contributed by atoms with Crippen LogP contribution in [0, 0.1) is 5.92 Å². The number of nitrogens with one attached hydrogen (secondary N) is 1. The molecule has 10 heteroatoms. The van der Waals surface area contributed by atoms with E-state index in [1.807, 2.05) is 0 Å². The number of sulfonamides is 1. The number of nitrogens with zero attached hydrogens (tertiary/aromatic N) is 2. The predicted molar refractivity (Wildman–Crippen MR) is 114 cm³/mol. The lowest BCUT2D eigenvalue weighted by Crippen LogP contribution is -2.58. The second-order valence-electron chi connectivity index (χ2n) is 8.17. The van der Waals surface area contributed by atoms with Gasteiger partial charge in [-0.25, -0.2) is 8.42 Å². The highest BCUT2D eigenvalue weighted by Crippen LogP contribution is 2.19. The van der Waals surface area contributed by atoms with E-state index in [9.17, 15) is 18.0 Å². The summed E-state index contributed by atoms with van der Waals surface area (Å²) in [6.07, 6.45) is 1.25. The molecule has 1 unspecified atom stereocenters. The molecule has 0 bridgehead atoms. The van der Waals surface area contributed by atoms with E-state index in [1.54, 1.807) is 35.8 Å². The first-order valence-corrected chi connectivity index (χ1v) is 12.1. The number of carbonyl (C=O) groups excluding carboxylic acids is 2. The summed E-state index contributed by atoms with van der Waals surface area (Å²) in [5.74, 6) is -0.000509. The van der Waals surface area contributed by atoms with Crippen molar-refractivity contribution in [2.45, 2.75) is 43.7 Å². The van der Waals surface area contributed by atoms with Crippen LogP contribution in [0.15, 0.2) is 29.2 Å². The Kier molecular flexibility index (Phi) is 7.55. The smallest absolute Gasteiger partial charge is 0.251 e.